The van der Waals surface area contributed by atoms with Gasteiger partial charge in [-0.25, -0.2) is 0 Å². The van der Waals surface area contributed by atoms with Crippen LogP contribution in [0, 0.1) is 13.8 Å². The second kappa shape index (κ2) is 9.38. The van der Waals surface area contributed by atoms with Crippen LogP contribution in [0.25, 0.3) is 11.1 Å². The van der Waals surface area contributed by atoms with Crippen molar-refractivity contribution in [3.8, 4) is 22.6 Å². The first kappa shape index (κ1) is 23.6. The van der Waals surface area contributed by atoms with Crippen molar-refractivity contribution >= 4 is 0 Å². The average molecular weight is 451 g/mol. The van der Waals surface area contributed by atoms with Gasteiger partial charge < -0.3 is 9.84 Å². The van der Waals surface area contributed by atoms with Crippen molar-refractivity contribution in [2.75, 3.05) is 0 Å². The Labute approximate surface area is 203 Å². The van der Waals surface area contributed by atoms with Gasteiger partial charge in [0.2, 0.25) is 0 Å². The van der Waals surface area contributed by atoms with E-state index in [-0.39, 0.29) is 6.10 Å². The molecular formula is C32H34O2. The summed E-state index contributed by atoms with van der Waals surface area (Å²) >= 11 is 0. The van der Waals surface area contributed by atoms with Gasteiger partial charge in [-0.1, -0.05) is 86.6 Å². The van der Waals surface area contributed by atoms with Crippen LogP contribution in [0.5, 0.6) is 11.5 Å². The Morgan fingerprint density at radius 3 is 1.68 bits per heavy atom. The summed E-state index contributed by atoms with van der Waals surface area (Å²) < 4.78 is 6.04. The molecule has 0 unspecified atom stereocenters. The van der Waals surface area contributed by atoms with Gasteiger partial charge in [0.1, 0.15) is 11.5 Å². The van der Waals surface area contributed by atoms with E-state index in [0.29, 0.717) is 5.75 Å². The van der Waals surface area contributed by atoms with Gasteiger partial charge in [-0.15, -0.1) is 0 Å². The summed E-state index contributed by atoms with van der Waals surface area (Å²) in [6.07, 6.45) is 0.126. The number of fused-ring (bicyclic) bond motifs is 3. The second-order valence-corrected chi connectivity index (χ2v) is 8.99. The third-order valence-electron chi connectivity index (χ3n) is 6.55. The SMILES string of the molecule is CC.Cc1cc(C2(c3ccc(OC(C)C)c(C)c3)c3ccccc3-c3ccccc32)ccc1O. The molecule has 0 heterocycles. The minimum Gasteiger partial charge on any atom is -0.508 e. The van der Waals surface area contributed by atoms with Crippen LogP contribution in [-0.2, 0) is 5.41 Å². The van der Waals surface area contributed by atoms with Gasteiger partial charge >= 0.3 is 0 Å². The van der Waals surface area contributed by atoms with E-state index < -0.39 is 5.41 Å². The van der Waals surface area contributed by atoms with E-state index in [9.17, 15) is 5.11 Å². The van der Waals surface area contributed by atoms with Crippen molar-refractivity contribution in [3.05, 3.63) is 118 Å². The molecule has 174 valence electrons. The first-order chi connectivity index (χ1) is 16.4. The van der Waals surface area contributed by atoms with Crippen LogP contribution in [0.4, 0.5) is 0 Å². The third kappa shape index (κ3) is 3.68. The molecule has 2 heteroatoms. The lowest BCUT2D eigenvalue weighted by atomic mass is 9.67. The molecular weight excluding hydrogens is 416 g/mol. The summed E-state index contributed by atoms with van der Waals surface area (Å²) in [6.45, 7) is 12.2. The van der Waals surface area contributed by atoms with Crippen molar-refractivity contribution in [1.82, 2.24) is 0 Å². The molecule has 0 saturated heterocycles. The smallest absolute Gasteiger partial charge is 0.122 e. The van der Waals surface area contributed by atoms with Crippen molar-refractivity contribution in [3.63, 3.8) is 0 Å². The molecule has 34 heavy (non-hydrogen) atoms. The molecule has 0 saturated carbocycles. The lowest BCUT2D eigenvalue weighted by Crippen LogP contribution is -2.29. The number of aromatic hydroxyl groups is 1. The number of hydrogen-bond acceptors (Lipinski definition) is 2. The molecule has 0 spiro atoms. The maximum atomic E-state index is 10.3. The minimum atomic E-state index is -0.466. The lowest BCUT2D eigenvalue weighted by Gasteiger charge is -2.34. The fourth-order valence-corrected chi connectivity index (χ4v) is 5.18. The van der Waals surface area contributed by atoms with Gasteiger partial charge in [-0.05, 0) is 84.3 Å². The Kier molecular flexibility index (Phi) is 6.52. The highest BCUT2D eigenvalue weighted by Gasteiger charge is 2.46. The quantitative estimate of drug-likeness (QED) is 0.299. The zero-order valence-corrected chi connectivity index (χ0v) is 21.0. The number of phenolic OH excluding ortho intramolecular Hbond substituents is 1. The van der Waals surface area contributed by atoms with Crippen LogP contribution < -0.4 is 4.74 Å². The molecule has 0 atom stereocenters. The monoisotopic (exact) mass is 450 g/mol. The van der Waals surface area contributed by atoms with E-state index in [1.807, 2.05) is 26.8 Å². The minimum absolute atomic E-state index is 0.126. The van der Waals surface area contributed by atoms with Crippen LogP contribution in [-0.4, -0.2) is 11.2 Å². The maximum absolute atomic E-state index is 10.3. The number of ether oxygens (including phenoxy) is 1. The van der Waals surface area contributed by atoms with Gasteiger partial charge in [0.25, 0.3) is 0 Å². The number of benzene rings is 4. The normalized spacial score (nSPS) is 13.0. The molecule has 4 aromatic carbocycles. The Morgan fingerprint density at radius 2 is 1.18 bits per heavy atom. The molecule has 0 radical (unpaired) electrons. The van der Waals surface area contributed by atoms with Gasteiger partial charge in [-0.2, -0.15) is 0 Å². The third-order valence-corrected chi connectivity index (χ3v) is 6.55. The fourth-order valence-electron chi connectivity index (χ4n) is 5.18. The Morgan fingerprint density at radius 1 is 0.676 bits per heavy atom. The van der Waals surface area contributed by atoms with E-state index in [1.54, 1.807) is 0 Å². The Bertz CT molecular complexity index is 1270. The predicted molar refractivity (Wildman–Crippen MR) is 142 cm³/mol. The number of aryl methyl sites for hydroxylation is 2. The molecule has 0 aromatic heterocycles. The molecule has 0 bridgehead atoms. The van der Waals surface area contributed by atoms with Crippen LogP contribution >= 0.6 is 0 Å². The average Bonchev–Trinajstić information content (AvgIpc) is 3.15. The van der Waals surface area contributed by atoms with Gasteiger partial charge in [0.15, 0.2) is 0 Å². The predicted octanol–water partition coefficient (Wildman–Crippen LogP) is 8.19. The highest BCUT2D eigenvalue weighted by Crippen LogP contribution is 2.56. The van der Waals surface area contributed by atoms with Crippen molar-refractivity contribution < 1.29 is 9.84 Å². The molecule has 1 aliphatic rings. The Hall–Kier alpha value is -3.52. The van der Waals surface area contributed by atoms with E-state index in [2.05, 4.69) is 99.6 Å². The molecule has 1 aliphatic carbocycles. The van der Waals surface area contributed by atoms with Crippen LogP contribution in [0.2, 0.25) is 0 Å². The topological polar surface area (TPSA) is 29.5 Å². The highest BCUT2D eigenvalue weighted by atomic mass is 16.5. The first-order valence-corrected chi connectivity index (χ1v) is 12.2. The maximum Gasteiger partial charge on any atom is 0.122 e. The van der Waals surface area contributed by atoms with Gasteiger partial charge in [-0.3, -0.25) is 0 Å². The van der Waals surface area contributed by atoms with E-state index in [0.717, 1.165) is 22.4 Å². The summed E-state index contributed by atoms with van der Waals surface area (Å²) in [6, 6.07) is 29.9. The molecule has 0 amide bonds. The molecule has 0 aliphatic heterocycles. The molecule has 5 rings (SSSR count). The summed E-state index contributed by atoms with van der Waals surface area (Å²) in [5, 5.41) is 10.3. The summed E-state index contributed by atoms with van der Waals surface area (Å²) in [4.78, 5) is 0. The van der Waals surface area contributed by atoms with E-state index in [1.165, 1.54) is 27.8 Å². The number of hydrogen-bond donors (Lipinski definition) is 1. The zero-order valence-electron chi connectivity index (χ0n) is 21.0. The lowest BCUT2D eigenvalue weighted by molar-refractivity contribution is 0.240. The van der Waals surface area contributed by atoms with Crippen molar-refractivity contribution in [2.24, 2.45) is 0 Å². The molecule has 2 nitrogen and oxygen atoms in total. The van der Waals surface area contributed by atoms with E-state index >= 15 is 0 Å². The second-order valence-electron chi connectivity index (χ2n) is 8.99. The Balaban J connectivity index is 0.00000133. The standard InChI is InChI=1S/C30H28O2.C2H6/c1-19(2)32-29-16-14-23(18-21(29)4)30(22-13-15-28(31)20(3)17-22)26-11-7-5-9-24(26)25-10-6-8-12-27(25)30;1-2/h5-19,31H,1-4H3;1-2H3. The largest absolute Gasteiger partial charge is 0.508 e. The van der Waals surface area contributed by atoms with Gasteiger partial charge in [0.05, 0.1) is 11.5 Å². The van der Waals surface area contributed by atoms with Crippen molar-refractivity contribution in [1.29, 1.82) is 0 Å². The molecule has 4 aromatic rings. The first-order valence-electron chi connectivity index (χ1n) is 12.2. The summed E-state index contributed by atoms with van der Waals surface area (Å²) in [7, 11) is 0. The summed E-state index contributed by atoms with van der Waals surface area (Å²) in [5.41, 5.74) is 8.94. The highest BCUT2D eigenvalue weighted by molar-refractivity contribution is 5.86. The van der Waals surface area contributed by atoms with E-state index in [4.69, 9.17) is 4.74 Å². The fraction of sp³-hybridized carbons (Fsp3) is 0.250. The zero-order chi connectivity index (χ0) is 24.5. The van der Waals surface area contributed by atoms with Crippen LogP contribution in [0.1, 0.15) is 61.1 Å². The van der Waals surface area contributed by atoms with Gasteiger partial charge in [0, 0.05) is 0 Å². The summed E-state index contributed by atoms with van der Waals surface area (Å²) in [5.74, 6) is 1.24. The molecule has 0 fully saturated rings. The number of phenols is 1. The molecule has 1 N–H and O–H groups in total. The van der Waals surface area contributed by atoms with Crippen LogP contribution in [0.3, 0.4) is 0 Å². The number of rotatable bonds is 4. The van der Waals surface area contributed by atoms with Crippen LogP contribution in [0.15, 0.2) is 84.9 Å². The van der Waals surface area contributed by atoms with Crippen molar-refractivity contribution in [2.45, 2.75) is 53.1 Å².